The largest absolute Gasteiger partial charge is 0.494 e. The third-order valence-corrected chi connectivity index (χ3v) is 5.76. The molecule has 1 aliphatic heterocycles. The lowest BCUT2D eigenvalue weighted by molar-refractivity contribution is 0.0215. The van der Waals surface area contributed by atoms with Gasteiger partial charge in [-0.2, -0.15) is 4.98 Å². The summed E-state index contributed by atoms with van der Waals surface area (Å²) in [5, 5.41) is 14.1. The standard InChI is InChI=1S/C23H27N3O3/c27-18-23(13-16-28-20-9-5-2-6-10-20)11-14-26(15-12-23)17-21-24-22(25-29-21)19-7-3-1-4-8-19/h1-10,27H,11-18H2. The molecule has 3 aromatic rings. The molecule has 29 heavy (non-hydrogen) atoms. The van der Waals surface area contributed by atoms with E-state index in [0.717, 1.165) is 43.7 Å². The predicted octanol–water partition coefficient (Wildman–Crippen LogP) is 3.78. The Morgan fingerprint density at radius 3 is 2.38 bits per heavy atom. The second-order valence-electron chi connectivity index (χ2n) is 7.72. The van der Waals surface area contributed by atoms with Crippen molar-refractivity contribution in [2.45, 2.75) is 25.8 Å². The molecule has 0 spiro atoms. The number of aromatic nitrogens is 2. The summed E-state index contributed by atoms with van der Waals surface area (Å²) >= 11 is 0. The van der Waals surface area contributed by atoms with Crippen LogP contribution in [-0.2, 0) is 6.54 Å². The predicted molar refractivity (Wildman–Crippen MR) is 110 cm³/mol. The number of nitrogens with zero attached hydrogens (tertiary/aromatic N) is 3. The molecule has 0 aliphatic carbocycles. The number of para-hydroxylation sites is 1. The molecule has 0 bridgehead atoms. The highest BCUT2D eigenvalue weighted by Gasteiger charge is 2.34. The Hall–Kier alpha value is -2.70. The van der Waals surface area contributed by atoms with E-state index in [0.29, 0.717) is 24.9 Å². The summed E-state index contributed by atoms with van der Waals surface area (Å²) in [5.41, 5.74) is 0.883. The van der Waals surface area contributed by atoms with Gasteiger partial charge in [-0.1, -0.05) is 53.7 Å². The minimum absolute atomic E-state index is 0.0741. The Kier molecular flexibility index (Phi) is 6.22. The van der Waals surface area contributed by atoms with Crippen molar-refractivity contribution < 1.29 is 14.4 Å². The van der Waals surface area contributed by atoms with Gasteiger partial charge in [0.1, 0.15) is 5.75 Å². The molecule has 1 aromatic heterocycles. The maximum atomic E-state index is 10.0. The molecule has 6 heteroatoms. The Labute approximate surface area is 171 Å². The maximum absolute atomic E-state index is 10.0. The van der Waals surface area contributed by atoms with Crippen LogP contribution in [0.5, 0.6) is 5.75 Å². The number of likely N-dealkylation sites (tertiary alicyclic amines) is 1. The lowest BCUT2D eigenvalue weighted by atomic mass is 9.76. The van der Waals surface area contributed by atoms with Gasteiger partial charge in [0.15, 0.2) is 0 Å². The van der Waals surface area contributed by atoms with Gasteiger partial charge < -0.3 is 14.4 Å². The fraction of sp³-hybridized carbons (Fsp3) is 0.391. The summed E-state index contributed by atoms with van der Waals surface area (Å²) in [6.07, 6.45) is 2.72. The Morgan fingerprint density at radius 1 is 1.00 bits per heavy atom. The zero-order valence-corrected chi connectivity index (χ0v) is 16.5. The van der Waals surface area contributed by atoms with E-state index in [9.17, 15) is 5.11 Å². The summed E-state index contributed by atoms with van der Waals surface area (Å²) in [6, 6.07) is 19.7. The molecule has 0 amide bonds. The Bertz CT molecular complexity index is 875. The van der Waals surface area contributed by atoms with Crippen LogP contribution < -0.4 is 4.74 Å². The van der Waals surface area contributed by atoms with Crippen LogP contribution in [0.1, 0.15) is 25.2 Å². The Morgan fingerprint density at radius 2 is 1.69 bits per heavy atom. The molecule has 2 aromatic carbocycles. The van der Waals surface area contributed by atoms with Gasteiger partial charge in [-0.25, -0.2) is 0 Å². The van der Waals surface area contributed by atoms with Gasteiger partial charge >= 0.3 is 0 Å². The number of benzene rings is 2. The fourth-order valence-electron chi connectivity index (χ4n) is 3.79. The summed E-state index contributed by atoms with van der Waals surface area (Å²) < 4.78 is 11.3. The summed E-state index contributed by atoms with van der Waals surface area (Å²) in [7, 11) is 0. The zero-order chi connectivity index (χ0) is 19.9. The number of hydrogen-bond donors (Lipinski definition) is 1. The van der Waals surface area contributed by atoms with E-state index in [1.54, 1.807) is 0 Å². The number of piperidine rings is 1. The minimum Gasteiger partial charge on any atom is -0.494 e. The molecule has 1 saturated heterocycles. The van der Waals surface area contributed by atoms with Crippen molar-refractivity contribution in [2.24, 2.45) is 5.41 Å². The van der Waals surface area contributed by atoms with E-state index in [1.807, 2.05) is 60.7 Å². The molecule has 2 heterocycles. The lowest BCUT2D eigenvalue weighted by Gasteiger charge is -2.40. The summed E-state index contributed by atoms with van der Waals surface area (Å²) in [4.78, 5) is 6.84. The topological polar surface area (TPSA) is 71.6 Å². The molecule has 6 nitrogen and oxygen atoms in total. The van der Waals surface area contributed by atoms with Gasteiger partial charge in [0.25, 0.3) is 0 Å². The van der Waals surface area contributed by atoms with Gasteiger partial charge in [0, 0.05) is 12.2 Å². The average Bonchev–Trinajstić information content (AvgIpc) is 3.25. The van der Waals surface area contributed by atoms with Gasteiger partial charge in [-0.15, -0.1) is 0 Å². The second-order valence-corrected chi connectivity index (χ2v) is 7.72. The van der Waals surface area contributed by atoms with Gasteiger partial charge in [-0.3, -0.25) is 4.90 Å². The molecular weight excluding hydrogens is 366 g/mol. The molecule has 1 N–H and O–H groups in total. The first-order valence-electron chi connectivity index (χ1n) is 10.2. The minimum atomic E-state index is -0.0741. The number of hydrogen-bond acceptors (Lipinski definition) is 6. The maximum Gasteiger partial charge on any atom is 0.241 e. The first-order chi connectivity index (χ1) is 14.3. The average molecular weight is 393 g/mol. The quantitative estimate of drug-likeness (QED) is 0.628. The molecule has 4 rings (SSSR count). The van der Waals surface area contributed by atoms with Crippen LogP contribution in [0.15, 0.2) is 65.2 Å². The zero-order valence-electron chi connectivity index (χ0n) is 16.5. The highest BCUT2D eigenvalue weighted by atomic mass is 16.5. The summed E-state index contributed by atoms with van der Waals surface area (Å²) in [5.74, 6) is 2.14. The van der Waals surface area contributed by atoms with Crippen molar-refractivity contribution in [3.8, 4) is 17.1 Å². The van der Waals surface area contributed by atoms with Crippen LogP contribution >= 0.6 is 0 Å². The smallest absolute Gasteiger partial charge is 0.241 e. The van der Waals surface area contributed by atoms with E-state index >= 15 is 0 Å². The molecule has 0 atom stereocenters. The van der Waals surface area contributed by atoms with Crippen molar-refractivity contribution in [3.63, 3.8) is 0 Å². The van der Waals surface area contributed by atoms with E-state index < -0.39 is 0 Å². The number of aliphatic hydroxyl groups is 1. The Balaban J connectivity index is 1.27. The van der Waals surface area contributed by atoms with E-state index in [-0.39, 0.29) is 12.0 Å². The van der Waals surface area contributed by atoms with Crippen LogP contribution in [0.3, 0.4) is 0 Å². The number of aliphatic hydroxyl groups excluding tert-OH is 1. The fourth-order valence-corrected chi connectivity index (χ4v) is 3.79. The van der Waals surface area contributed by atoms with Crippen molar-refractivity contribution >= 4 is 0 Å². The van der Waals surface area contributed by atoms with Crippen LogP contribution in [0.2, 0.25) is 0 Å². The molecule has 0 saturated carbocycles. The molecule has 152 valence electrons. The van der Waals surface area contributed by atoms with Crippen LogP contribution in [0, 0.1) is 5.41 Å². The van der Waals surface area contributed by atoms with Crippen molar-refractivity contribution in [1.82, 2.24) is 15.0 Å². The lowest BCUT2D eigenvalue weighted by Crippen LogP contribution is -2.42. The molecule has 1 fully saturated rings. The molecular formula is C23H27N3O3. The van der Waals surface area contributed by atoms with Gasteiger partial charge in [0.05, 0.1) is 13.2 Å². The third kappa shape index (κ3) is 5.02. The molecule has 0 unspecified atom stereocenters. The molecule has 1 aliphatic rings. The summed E-state index contributed by atoms with van der Waals surface area (Å²) in [6.45, 7) is 3.25. The van der Waals surface area contributed by atoms with E-state index in [4.69, 9.17) is 9.26 Å². The first kappa shape index (κ1) is 19.6. The van der Waals surface area contributed by atoms with Crippen LogP contribution in [0.4, 0.5) is 0 Å². The third-order valence-electron chi connectivity index (χ3n) is 5.76. The molecule has 0 radical (unpaired) electrons. The number of ether oxygens (including phenoxy) is 1. The SMILES string of the molecule is OCC1(CCOc2ccccc2)CCN(Cc2nc(-c3ccccc3)no2)CC1. The van der Waals surface area contributed by atoms with E-state index in [1.165, 1.54) is 0 Å². The van der Waals surface area contributed by atoms with Crippen molar-refractivity contribution in [2.75, 3.05) is 26.3 Å². The van der Waals surface area contributed by atoms with Crippen molar-refractivity contribution in [1.29, 1.82) is 0 Å². The van der Waals surface area contributed by atoms with Crippen LogP contribution in [-0.4, -0.2) is 46.5 Å². The van der Waals surface area contributed by atoms with Gasteiger partial charge in [-0.05, 0) is 49.9 Å². The first-order valence-corrected chi connectivity index (χ1v) is 10.2. The number of rotatable bonds is 8. The van der Waals surface area contributed by atoms with E-state index in [2.05, 4.69) is 15.0 Å². The van der Waals surface area contributed by atoms with Crippen LogP contribution in [0.25, 0.3) is 11.4 Å². The normalized spacial score (nSPS) is 16.6. The second kappa shape index (κ2) is 9.20. The highest BCUT2D eigenvalue weighted by molar-refractivity contribution is 5.53. The monoisotopic (exact) mass is 393 g/mol. The highest BCUT2D eigenvalue weighted by Crippen LogP contribution is 2.35. The van der Waals surface area contributed by atoms with Crippen molar-refractivity contribution in [3.05, 3.63) is 66.6 Å². The van der Waals surface area contributed by atoms with Gasteiger partial charge in [0.2, 0.25) is 11.7 Å².